The Bertz CT molecular complexity index is 171. The van der Waals surface area contributed by atoms with Crippen LogP contribution in [0.3, 0.4) is 0 Å². The minimum absolute atomic E-state index is 0.181. The van der Waals surface area contributed by atoms with Crippen LogP contribution in [0.4, 0.5) is 0 Å². The maximum atomic E-state index is 9.54. The summed E-state index contributed by atoms with van der Waals surface area (Å²) < 4.78 is 0. The fourth-order valence-electron chi connectivity index (χ4n) is 1.91. The van der Waals surface area contributed by atoms with E-state index in [2.05, 4.69) is 6.92 Å². The highest BCUT2D eigenvalue weighted by molar-refractivity contribution is 4.69. The quantitative estimate of drug-likeness (QED) is 0.330. The molecule has 0 fully saturated rings. The molecule has 0 radical (unpaired) electrons. The van der Waals surface area contributed by atoms with Gasteiger partial charge in [-0.2, -0.15) is 0 Å². The number of aliphatic hydroxyl groups is 4. The first-order valence-corrected chi connectivity index (χ1v) is 6.75. The number of hydrogen-bond acceptors (Lipinski definition) is 4. The van der Waals surface area contributed by atoms with E-state index in [0.717, 1.165) is 19.3 Å². The van der Waals surface area contributed by atoms with E-state index in [4.69, 9.17) is 10.2 Å². The molecule has 0 heterocycles. The van der Waals surface area contributed by atoms with Crippen LogP contribution >= 0.6 is 0 Å². The fourth-order valence-corrected chi connectivity index (χ4v) is 1.91. The molecule has 0 saturated carbocycles. The molecule has 0 aromatic carbocycles. The molecule has 1 atom stereocenters. The average molecular weight is 248 g/mol. The Kier molecular flexibility index (Phi) is 9.74. The van der Waals surface area contributed by atoms with Gasteiger partial charge in [0.2, 0.25) is 0 Å². The van der Waals surface area contributed by atoms with Gasteiger partial charge in [0.25, 0.3) is 0 Å². The zero-order valence-corrected chi connectivity index (χ0v) is 10.9. The monoisotopic (exact) mass is 248 g/mol. The van der Waals surface area contributed by atoms with Crippen LogP contribution in [0.25, 0.3) is 0 Å². The minimum Gasteiger partial charge on any atom is -0.394 e. The molecule has 4 nitrogen and oxygen atoms in total. The van der Waals surface area contributed by atoms with Gasteiger partial charge in [-0.3, -0.25) is 0 Å². The van der Waals surface area contributed by atoms with E-state index in [-0.39, 0.29) is 12.8 Å². The number of aliphatic hydroxyl groups excluding tert-OH is 2. The van der Waals surface area contributed by atoms with Crippen molar-refractivity contribution in [2.45, 2.75) is 76.6 Å². The molecule has 1 unspecified atom stereocenters. The highest BCUT2D eigenvalue weighted by Gasteiger charge is 2.25. The molecule has 0 saturated heterocycles. The SMILES string of the molecule is CCCCCCCCCC(O)(O)CC(O)CO. The van der Waals surface area contributed by atoms with Crippen molar-refractivity contribution >= 4 is 0 Å². The first-order chi connectivity index (χ1) is 8.02. The van der Waals surface area contributed by atoms with Gasteiger partial charge in [0.05, 0.1) is 12.7 Å². The zero-order valence-electron chi connectivity index (χ0n) is 10.9. The van der Waals surface area contributed by atoms with Gasteiger partial charge >= 0.3 is 0 Å². The second-order valence-corrected chi connectivity index (χ2v) is 4.89. The van der Waals surface area contributed by atoms with Crippen molar-refractivity contribution in [1.82, 2.24) is 0 Å². The van der Waals surface area contributed by atoms with E-state index in [0.29, 0.717) is 0 Å². The molecule has 0 rings (SSSR count). The predicted octanol–water partition coefficient (Wildman–Crippen LogP) is 1.55. The normalized spacial score (nSPS) is 13.9. The smallest absolute Gasteiger partial charge is 0.165 e. The van der Waals surface area contributed by atoms with Gasteiger partial charge in [0, 0.05) is 12.8 Å². The largest absolute Gasteiger partial charge is 0.394 e. The third-order valence-corrected chi connectivity index (χ3v) is 2.95. The lowest BCUT2D eigenvalue weighted by Gasteiger charge is -2.23. The summed E-state index contributed by atoms with van der Waals surface area (Å²) in [5.74, 6) is -1.84. The topological polar surface area (TPSA) is 80.9 Å². The van der Waals surface area contributed by atoms with Crippen molar-refractivity contribution < 1.29 is 20.4 Å². The van der Waals surface area contributed by atoms with Crippen molar-refractivity contribution in [2.75, 3.05) is 6.61 Å². The van der Waals surface area contributed by atoms with E-state index >= 15 is 0 Å². The first kappa shape index (κ1) is 16.8. The maximum absolute atomic E-state index is 9.54. The maximum Gasteiger partial charge on any atom is 0.165 e. The standard InChI is InChI=1S/C13H28O4/c1-2-3-4-5-6-7-8-9-13(16,17)10-12(15)11-14/h12,14-17H,2-11H2,1H3. The van der Waals surface area contributed by atoms with E-state index in [9.17, 15) is 10.2 Å². The average Bonchev–Trinajstić information content (AvgIpc) is 2.27. The summed E-state index contributed by atoms with van der Waals surface area (Å²) in [5.41, 5.74) is 0. The van der Waals surface area contributed by atoms with Crippen LogP contribution in [0.5, 0.6) is 0 Å². The Morgan fingerprint density at radius 2 is 1.47 bits per heavy atom. The number of rotatable bonds is 11. The van der Waals surface area contributed by atoms with Crippen molar-refractivity contribution in [2.24, 2.45) is 0 Å². The molecule has 104 valence electrons. The molecule has 0 aliphatic rings. The second-order valence-electron chi connectivity index (χ2n) is 4.89. The third kappa shape index (κ3) is 10.7. The van der Waals surface area contributed by atoms with Crippen LogP contribution in [0.1, 0.15) is 64.7 Å². The Balaban J connectivity index is 3.45. The molecular weight excluding hydrogens is 220 g/mol. The number of hydrogen-bond donors (Lipinski definition) is 4. The number of unbranched alkanes of at least 4 members (excludes halogenated alkanes) is 6. The molecule has 4 N–H and O–H groups in total. The summed E-state index contributed by atoms with van der Waals surface area (Å²) in [6.07, 6.45) is 6.85. The van der Waals surface area contributed by atoms with Gasteiger partial charge in [0.15, 0.2) is 5.79 Å². The second kappa shape index (κ2) is 9.83. The van der Waals surface area contributed by atoms with E-state index < -0.39 is 18.5 Å². The lowest BCUT2D eigenvalue weighted by molar-refractivity contribution is -0.188. The highest BCUT2D eigenvalue weighted by atomic mass is 16.5. The lowest BCUT2D eigenvalue weighted by atomic mass is 10.0. The van der Waals surface area contributed by atoms with Crippen LogP contribution in [-0.2, 0) is 0 Å². The van der Waals surface area contributed by atoms with Gasteiger partial charge in [-0.1, -0.05) is 45.4 Å². The molecule has 0 aliphatic heterocycles. The van der Waals surface area contributed by atoms with Crippen LogP contribution in [0.2, 0.25) is 0 Å². The van der Waals surface area contributed by atoms with E-state index in [1.165, 1.54) is 25.7 Å². The van der Waals surface area contributed by atoms with Crippen molar-refractivity contribution in [3.8, 4) is 0 Å². The summed E-state index contributed by atoms with van der Waals surface area (Å²) >= 11 is 0. The van der Waals surface area contributed by atoms with Crippen LogP contribution in [0, 0.1) is 0 Å². The van der Waals surface area contributed by atoms with Gasteiger partial charge in [0.1, 0.15) is 0 Å². The molecule has 0 aromatic heterocycles. The van der Waals surface area contributed by atoms with Crippen molar-refractivity contribution in [1.29, 1.82) is 0 Å². The van der Waals surface area contributed by atoms with Gasteiger partial charge in [-0.25, -0.2) is 0 Å². The summed E-state index contributed by atoms with van der Waals surface area (Å²) in [6, 6.07) is 0. The van der Waals surface area contributed by atoms with Gasteiger partial charge < -0.3 is 20.4 Å². The molecule has 0 amide bonds. The Morgan fingerprint density at radius 1 is 0.941 bits per heavy atom. The van der Waals surface area contributed by atoms with E-state index in [1.807, 2.05) is 0 Å². The lowest BCUT2D eigenvalue weighted by Crippen LogP contribution is -2.34. The first-order valence-electron chi connectivity index (χ1n) is 6.75. The Hall–Kier alpha value is -0.160. The highest BCUT2D eigenvalue weighted by Crippen LogP contribution is 2.18. The van der Waals surface area contributed by atoms with E-state index in [1.54, 1.807) is 0 Å². The Morgan fingerprint density at radius 3 is 2.00 bits per heavy atom. The van der Waals surface area contributed by atoms with Crippen LogP contribution in [-0.4, -0.2) is 38.9 Å². The fraction of sp³-hybridized carbons (Fsp3) is 1.00. The van der Waals surface area contributed by atoms with Crippen LogP contribution in [0.15, 0.2) is 0 Å². The van der Waals surface area contributed by atoms with Gasteiger partial charge in [-0.15, -0.1) is 0 Å². The zero-order chi connectivity index (χ0) is 13.1. The molecular formula is C13H28O4. The molecule has 0 spiro atoms. The minimum atomic E-state index is -1.84. The summed E-state index contributed by atoms with van der Waals surface area (Å²) in [4.78, 5) is 0. The molecule has 0 aliphatic carbocycles. The molecule has 17 heavy (non-hydrogen) atoms. The summed E-state index contributed by atoms with van der Waals surface area (Å²) in [7, 11) is 0. The molecule has 4 heteroatoms. The Labute approximate surface area is 104 Å². The van der Waals surface area contributed by atoms with Crippen molar-refractivity contribution in [3.05, 3.63) is 0 Å². The molecule has 0 bridgehead atoms. The summed E-state index contributed by atoms with van der Waals surface area (Å²) in [6.45, 7) is 1.75. The third-order valence-electron chi connectivity index (χ3n) is 2.95. The van der Waals surface area contributed by atoms with Crippen molar-refractivity contribution in [3.63, 3.8) is 0 Å². The van der Waals surface area contributed by atoms with Gasteiger partial charge in [-0.05, 0) is 6.42 Å². The van der Waals surface area contributed by atoms with Crippen LogP contribution < -0.4 is 0 Å². The summed E-state index contributed by atoms with van der Waals surface area (Å²) in [5, 5.41) is 36.8. The predicted molar refractivity (Wildman–Crippen MR) is 67.5 cm³/mol. The molecule has 0 aromatic rings.